The fraction of sp³-hybridized carbons (Fsp3) is 0.541. The minimum atomic E-state index is -1.21. The van der Waals surface area contributed by atoms with Gasteiger partial charge in [-0.05, 0) is 37.8 Å². The van der Waals surface area contributed by atoms with E-state index >= 15 is 0 Å². The van der Waals surface area contributed by atoms with Crippen molar-refractivity contribution in [3.8, 4) is 5.75 Å². The SMILES string of the molecule is C[C@H]1C(=O)N[C@@H](Cc2ccccc2)C(=O)N[C@H]2CCO[C@H](CN(C(=O)CN3CCOc4ccccc4C3)CC(=O)N3CCC[C@H]3C(=O)N1C)[C@H]2O. The Bertz CT molecular complexity index is 1590. The maximum absolute atomic E-state index is 14.1. The number of hydrogen-bond donors (Lipinski definition) is 3. The molecule has 3 fully saturated rings. The summed E-state index contributed by atoms with van der Waals surface area (Å²) >= 11 is 0. The average molecular weight is 705 g/mol. The Morgan fingerprint density at radius 3 is 2.49 bits per heavy atom. The minimum absolute atomic E-state index is 0.00842. The maximum atomic E-state index is 14.1. The van der Waals surface area contributed by atoms with E-state index in [0.717, 1.165) is 16.9 Å². The molecule has 0 aromatic heterocycles. The van der Waals surface area contributed by atoms with Crippen molar-refractivity contribution < 1.29 is 38.6 Å². The van der Waals surface area contributed by atoms with Crippen LogP contribution < -0.4 is 15.4 Å². The Kier molecular flexibility index (Phi) is 11.5. The number of carbonyl (C=O) groups excluding carboxylic acids is 5. The smallest absolute Gasteiger partial charge is 0.245 e. The van der Waals surface area contributed by atoms with Gasteiger partial charge in [-0.25, -0.2) is 0 Å². The Morgan fingerprint density at radius 2 is 1.69 bits per heavy atom. The first kappa shape index (κ1) is 36.3. The molecule has 3 saturated heterocycles. The van der Waals surface area contributed by atoms with E-state index in [9.17, 15) is 29.1 Å². The highest BCUT2D eigenvalue weighted by molar-refractivity contribution is 5.95. The van der Waals surface area contributed by atoms with Crippen LogP contribution in [0.2, 0.25) is 0 Å². The summed E-state index contributed by atoms with van der Waals surface area (Å²) in [5.41, 5.74) is 1.77. The number of rotatable bonds is 4. The maximum Gasteiger partial charge on any atom is 0.245 e. The molecule has 4 heterocycles. The van der Waals surface area contributed by atoms with Gasteiger partial charge in [0, 0.05) is 45.3 Å². The molecule has 0 saturated carbocycles. The molecular formula is C37H48N6O8. The highest BCUT2D eigenvalue weighted by Crippen LogP contribution is 2.24. The predicted octanol–water partition coefficient (Wildman–Crippen LogP) is -0.0768. The molecule has 3 N–H and O–H groups in total. The molecule has 14 heteroatoms. The van der Waals surface area contributed by atoms with Crippen molar-refractivity contribution in [3.05, 3.63) is 65.7 Å². The van der Waals surface area contributed by atoms with Crippen LogP contribution in [0.5, 0.6) is 5.75 Å². The molecule has 0 spiro atoms. The number of likely N-dealkylation sites (N-methyl/N-ethyl adjacent to an activating group) is 1. The Morgan fingerprint density at radius 1 is 0.922 bits per heavy atom. The molecule has 2 bridgehead atoms. The molecule has 2 aromatic rings. The Labute approximate surface area is 298 Å². The first-order chi connectivity index (χ1) is 24.6. The van der Waals surface area contributed by atoms with Gasteiger partial charge >= 0.3 is 0 Å². The normalized spacial score (nSPS) is 28.5. The highest BCUT2D eigenvalue weighted by Gasteiger charge is 2.42. The summed E-state index contributed by atoms with van der Waals surface area (Å²) < 4.78 is 11.9. The van der Waals surface area contributed by atoms with Crippen molar-refractivity contribution in [1.29, 1.82) is 0 Å². The minimum Gasteiger partial charge on any atom is -0.492 e. The number of fused-ring (bicyclic) bond motifs is 4. The van der Waals surface area contributed by atoms with E-state index in [2.05, 4.69) is 10.6 Å². The molecule has 0 radical (unpaired) electrons. The zero-order valence-corrected chi connectivity index (χ0v) is 29.2. The van der Waals surface area contributed by atoms with Crippen LogP contribution in [0.15, 0.2) is 54.6 Å². The first-order valence-corrected chi connectivity index (χ1v) is 17.8. The lowest BCUT2D eigenvalue weighted by atomic mass is 9.97. The molecule has 4 aliphatic heterocycles. The first-order valence-electron chi connectivity index (χ1n) is 17.8. The van der Waals surface area contributed by atoms with Crippen LogP contribution in [0, 0.1) is 0 Å². The van der Waals surface area contributed by atoms with Crippen molar-refractivity contribution in [3.63, 3.8) is 0 Å². The van der Waals surface area contributed by atoms with E-state index < -0.39 is 60.0 Å². The fourth-order valence-corrected chi connectivity index (χ4v) is 7.28. The molecule has 0 unspecified atom stereocenters. The molecule has 6 rings (SSSR count). The van der Waals surface area contributed by atoms with Crippen molar-refractivity contribution in [1.82, 2.24) is 30.2 Å². The highest BCUT2D eigenvalue weighted by atomic mass is 16.5. The molecule has 14 nitrogen and oxygen atoms in total. The van der Waals surface area contributed by atoms with Gasteiger partial charge in [-0.15, -0.1) is 0 Å². The van der Waals surface area contributed by atoms with Crippen molar-refractivity contribution in [2.45, 2.75) is 75.5 Å². The standard InChI is InChI=1S/C37H48N6O8/c1-24-35(47)39-28(19-25-9-4-3-5-10-25)36(48)38-27-14-17-50-31(34(27)46)21-42(23-33(45)43-15-8-12-29(43)37(49)40(24)2)32(44)22-41-16-18-51-30-13-7-6-11-26(30)20-41/h3-7,9-11,13,24,27-29,31,34,46H,8,12,14-23H2,1-2H3,(H,38,48)(H,39,47)/t24-,27-,28-,29-,31+,34-/m0/s1. The summed E-state index contributed by atoms with van der Waals surface area (Å²) in [5.74, 6) is -1.39. The van der Waals surface area contributed by atoms with Crippen LogP contribution >= 0.6 is 0 Å². The van der Waals surface area contributed by atoms with E-state index in [1.54, 1.807) is 6.92 Å². The second-order valence-electron chi connectivity index (χ2n) is 13.9. The van der Waals surface area contributed by atoms with E-state index in [1.165, 1.54) is 21.7 Å². The number of nitrogens with one attached hydrogen (secondary N) is 2. The summed E-state index contributed by atoms with van der Waals surface area (Å²) in [6.45, 7) is 3.02. The molecule has 0 aliphatic carbocycles. The number of carbonyl (C=O) groups is 5. The van der Waals surface area contributed by atoms with Crippen LogP contribution in [0.4, 0.5) is 0 Å². The van der Waals surface area contributed by atoms with Gasteiger partial charge in [0.15, 0.2) is 0 Å². The molecule has 6 atom stereocenters. The molecule has 51 heavy (non-hydrogen) atoms. The lowest BCUT2D eigenvalue weighted by molar-refractivity contribution is -0.151. The number of hydrogen-bond acceptors (Lipinski definition) is 9. The zero-order chi connectivity index (χ0) is 36.1. The number of amides is 5. The summed E-state index contributed by atoms with van der Waals surface area (Å²) in [5, 5.41) is 17.3. The van der Waals surface area contributed by atoms with Crippen LogP contribution in [0.3, 0.4) is 0 Å². The third kappa shape index (κ3) is 8.51. The largest absolute Gasteiger partial charge is 0.492 e. The average Bonchev–Trinajstić information content (AvgIpc) is 3.53. The van der Waals surface area contributed by atoms with Crippen LogP contribution in [0.25, 0.3) is 0 Å². The number of nitrogens with zero attached hydrogens (tertiary/aromatic N) is 4. The van der Waals surface area contributed by atoms with Gasteiger partial charge in [0.1, 0.15) is 42.7 Å². The van der Waals surface area contributed by atoms with Gasteiger partial charge < -0.3 is 39.9 Å². The van der Waals surface area contributed by atoms with Crippen LogP contribution in [0.1, 0.15) is 37.3 Å². The van der Waals surface area contributed by atoms with Gasteiger partial charge in [0.2, 0.25) is 29.5 Å². The monoisotopic (exact) mass is 704 g/mol. The van der Waals surface area contributed by atoms with Crippen molar-refractivity contribution in [2.24, 2.45) is 0 Å². The van der Waals surface area contributed by atoms with Gasteiger partial charge in [-0.2, -0.15) is 0 Å². The zero-order valence-electron chi connectivity index (χ0n) is 29.2. The predicted molar refractivity (Wildman–Crippen MR) is 185 cm³/mol. The number of benzene rings is 2. The Hall–Kier alpha value is -4.53. The van der Waals surface area contributed by atoms with E-state index in [1.807, 2.05) is 59.5 Å². The quantitative estimate of drug-likeness (QED) is 0.396. The molecule has 2 aromatic carbocycles. The third-order valence-corrected chi connectivity index (χ3v) is 10.4. The third-order valence-electron chi connectivity index (χ3n) is 10.4. The topological polar surface area (TPSA) is 161 Å². The number of ether oxygens (including phenoxy) is 2. The second-order valence-corrected chi connectivity index (χ2v) is 13.9. The number of para-hydroxylation sites is 1. The summed E-state index contributed by atoms with van der Waals surface area (Å²) in [4.78, 5) is 75.5. The Balaban J connectivity index is 1.28. The molecule has 5 amide bonds. The fourth-order valence-electron chi connectivity index (χ4n) is 7.28. The summed E-state index contributed by atoms with van der Waals surface area (Å²) in [6.07, 6.45) is -0.627. The van der Waals surface area contributed by atoms with Gasteiger partial charge in [-0.1, -0.05) is 48.5 Å². The van der Waals surface area contributed by atoms with E-state index in [-0.39, 0.29) is 38.6 Å². The van der Waals surface area contributed by atoms with Gasteiger partial charge in [0.25, 0.3) is 0 Å². The summed E-state index contributed by atoms with van der Waals surface area (Å²) in [7, 11) is 1.52. The van der Waals surface area contributed by atoms with Gasteiger partial charge in [-0.3, -0.25) is 28.9 Å². The van der Waals surface area contributed by atoms with Crippen molar-refractivity contribution in [2.75, 3.05) is 53.0 Å². The molecule has 274 valence electrons. The summed E-state index contributed by atoms with van der Waals surface area (Å²) in [6, 6.07) is 13.4. The number of aliphatic hydroxyl groups excluding tert-OH is 1. The van der Waals surface area contributed by atoms with Crippen LogP contribution in [-0.4, -0.2) is 144 Å². The molecule has 4 aliphatic rings. The number of aliphatic hydroxyl groups is 1. The van der Waals surface area contributed by atoms with E-state index in [0.29, 0.717) is 45.5 Å². The lowest BCUT2D eigenvalue weighted by Crippen LogP contribution is -2.60. The molecular weight excluding hydrogens is 656 g/mol. The lowest BCUT2D eigenvalue weighted by Gasteiger charge is -2.39. The van der Waals surface area contributed by atoms with Crippen molar-refractivity contribution >= 4 is 29.5 Å². The van der Waals surface area contributed by atoms with Crippen LogP contribution in [-0.2, 0) is 41.7 Å². The van der Waals surface area contributed by atoms with E-state index in [4.69, 9.17) is 9.47 Å². The second kappa shape index (κ2) is 16.2. The van der Waals surface area contributed by atoms with Gasteiger partial charge in [0.05, 0.1) is 25.7 Å².